The highest BCUT2D eigenvalue weighted by Gasteiger charge is 2.15. The number of pyridine rings is 1. The van der Waals surface area contributed by atoms with E-state index in [1.54, 1.807) is 13.1 Å². The lowest BCUT2D eigenvalue weighted by molar-refractivity contribution is 0.0581. The van der Waals surface area contributed by atoms with Gasteiger partial charge in [-0.15, -0.1) is 0 Å². The lowest BCUT2D eigenvalue weighted by Crippen LogP contribution is -2.29. The molecular formula is C14H21N3O2. The molecule has 1 aliphatic rings. The van der Waals surface area contributed by atoms with Crippen molar-refractivity contribution in [3.63, 3.8) is 0 Å². The summed E-state index contributed by atoms with van der Waals surface area (Å²) in [6.07, 6.45) is 5.22. The minimum Gasteiger partial charge on any atom is -0.376 e. The number of carbonyl (C=O) groups is 1. The molecule has 0 unspecified atom stereocenters. The monoisotopic (exact) mass is 263 g/mol. The second-order valence-corrected chi connectivity index (χ2v) is 4.69. The zero-order valence-electron chi connectivity index (χ0n) is 11.3. The second kappa shape index (κ2) is 7.09. The molecule has 2 N–H and O–H groups in total. The highest BCUT2D eigenvalue weighted by molar-refractivity contribution is 5.92. The summed E-state index contributed by atoms with van der Waals surface area (Å²) >= 11 is 0. The molecule has 5 nitrogen and oxygen atoms in total. The number of nitrogens with zero attached hydrogens (tertiary/aromatic N) is 1. The molecule has 19 heavy (non-hydrogen) atoms. The Bertz CT molecular complexity index is 417. The highest BCUT2D eigenvalue weighted by Crippen LogP contribution is 2.20. The smallest absolute Gasteiger partial charge is 0.270 e. The van der Waals surface area contributed by atoms with Gasteiger partial charge in [0.05, 0.1) is 12.7 Å². The summed E-state index contributed by atoms with van der Waals surface area (Å²) in [6, 6.07) is 5.33. The van der Waals surface area contributed by atoms with E-state index in [-0.39, 0.29) is 5.91 Å². The maximum atomic E-state index is 11.9. The molecular weight excluding hydrogens is 242 g/mol. The van der Waals surface area contributed by atoms with E-state index in [9.17, 15) is 4.79 Å². The number of hydrogen-bond donors (Lipinski definition) is 2. The van der Waals surface area contributed by atoms with E-state index >= 15 is 0 Å². The van der Waals surface area contributed by atoms with Crippen LogP contribution >= 0.6 is 0 Å². The number of ether oxygens (including phenoxy) is 1. The maximum Gasteiger partial charge on any atom is 0.270 e. The van der Waals surface area contributed by atoms with E-state index in [4.69, 9.17) is 4.74 Å². The largest absolute Gasteiger partial charge is 0.376 e. The summed E-state index contributed by atoms with van der Waals surface area (Å²) in [4.78, 5) is 16.0. The van der Waals surface area contributed by atoms with Gasteiger partial charge in [-0.1, -0.05) is 18.9 Å². The van der Waals surface area contributed by atoms with Gasteiger partial charge in [0.15, 0.2) is 0 Å². The molecule has 1 fully saturated rings. The fourth-order valence-corrected chi connectivity index (χ4v) is 2.24. The summed E-state index contributed by atoms with van der Waals surface area (Å²) in [5.41, 5.74) is 0.424. The third-order valence-electron chi connectivity index (χ3n) is 3.28. The van der Waals surface area contributed by atoms with Crippen molar-refractivity contribution >= 4 is 11.7 Å². The molecule has 0 saturated heterocycles. The number of amides is 1. The van der Waals surface area contributed by atoms with Gasteiger partial charge in [0.25, 0.3) is 5.91 Å². The number of aromatic nitrogens is 1. The fraction of sp³-hybridized carbons (Fsp3) is 0.571. The SMILES string of the molecule is CNc1cccc(C(=O)NCCOC2CCCC2)n1. The van der Waals surface area contributed by atoms with Crippen LogP contribution in [0, 0.1) is 0 Å². The Morgan fingerprint density at radius 3 is 2.95 bits per heavy atom. The van der Waals surface area contributed by atoms with Crippen LogP contribution in [0.1, 0.15) is 36.2 Å². The molecule has 1 saturated carbocycles. The summed E-state index contributed by atoms with van der Waals surface area (Å²) in [5, 5.41) is 5.73. The van der Waals surface area contributed by atoms with Gasteiger partial charge in [-0.2, -0.15) is 0 Å². The molecule has 2 rings (SSSR count). The van der Waals surface area contributed by atoms with Gasteiger partial charge in [0, 0.05) is 13.6 Å². The van der Waals surface area contributed by atoms with Crippen LogP contribution < -0.4 is 10.6 Å². The van der Waals surface area contributed by atoms with Crippen LogP contribution in [0.15, 0.2) is 18.2 Å². The number of rotatable bonds is 6. The maximum absolute atomic E-state index is 11.9. The molecule has 0 bridgehead atoms. The molecule has 0 radical (unpaired) electrons. The predicted molar refractivity (Wildman–Crippen MR) is 74.3 cm³/mol. The minimum atomic E-state index is -0.160. The second-order valence-electron chi connectivity index (χ2n) is 4.69. The molecule has 1 aliphatic carbocycles. The van der Waals surface area contributed by atoms with Crippen molar-refractivity contribution < 1.29 is 9.53 Å². The Morgan fingerprint density at radius 1 is 1.42 bits per heavy atom. The number of hydrogen-bond acceptors (Lipinski definition) is 4. The quantitative estimate of drug-likeness (QED) is 0.768. The van der Waals surface area contributed by atoms with Crippen LogP contribution in [0.25, 0.3) is 0 Å². The third kappa shape index (κ3) is 4.21. The Morgan fingerprint density at radius 2 is 2.21 bits per heavy atom. The molecule has 1 aromatic heterocycles. The van der Waals surface area contributed by atoms with E-state index in [1.807, 2.05) is 12.1 Å². The highest BCUT2D eigenvalue weighted by atomic mass is 16.5. The van der Waals surface area contributed by atoms with E-state index in [0.29, 0.717) is 30.8 Å². The average Bonchev–Trinajstić information content (AvgIpc) is 2.96. The Kier molecular flexibility index (Phi) is 5.15. The Labute approximate surface area is 113 Å². The van der Waals surface area contributed by atoms with Gasteiger partial charge in [0.1, 0.15) is 11.5 Å². The summed E-state index contributed by atoms with van der Waals surface area (Å²) in [7, 11) is 1.78. The van der Waals surface area contributed by atoms with Gasteiger partial charge in [0.2, 0.25) is 0 Å². The van der Waals surface area contributed by atoms with Crippen molar-refractivity contribution in [3.8, 4) is 0 Å². The first-order valence-electron chi connectivity index (χ1n) is 6.84. The Hall–Kier alpha value is -1.62. The molecule has 1 aromatic rings. The zero-order valence-corrected chi connectivity index (χ0v) is 11.3. The first kappa shape index (κ1) is 13.8. The van der Waals surface area contributed by atoms with E-state index in [2.05, 4.69) is 15.6 Å². The van der Waals surface area contributed by atoms with E-state index in [0.717, 1.165) is 12.8 Å². The van der Waals surface area contributed by atoms with Crippen LogP contribution in [0.2, 0.25) is 0 Å². The molecule has 0 aliphatic heterocycles. The lowest BCUT2D eigenvalue weighted by Gasteiger charge is -2.11. The normalized spacial score (nSPS) is 15.4. The first-order valence-corrected chi connectivity index (χ1v) is 6.84. The summed E-state index contributed by atoms with van der Waals surface area (Å²) in [6.45, 7) is 1.10. The van der Waals surface area contributed by atoms with Crippen LogP contribution in [0.4, 0.5) is 5.82 Å². The first-order chi connectivity index (χ1) is 9.29. The van der Waals surface area contributed by atoms with Crippen molar-refractivity contribution in [1.82, 2.24) is 10.3 Å². The average molecular weight is 263 g/mol. The van der Waals surface area contributed by atoms with Crippen LogP contribution in [0.3, 0.4) is 0 Å². The molecule has 1 heterocycles. The van der Waals surface area contributed by atoms with Crippen LogP contribution in [-0.2, 0) is 4.74 Å². The van der Waals surface area contributed by atoms with Gasteiger partial charge in [-0.25, -0.2) is 4.98 Å². The summed E-state index contributed by atoms with van der Waals surface area (Å²) in [5.74, 6) is 0.530. The standard InChI is InChI=1S/C14H21N3O2/c1-15-13-8-4-7-12(17-13)14(18)16-9-10-19-11-5-2-3-6-11/h4,7-8,11H,2-3,5-6,9-10H2,1H3,(H,15,17)(H,16,18). The minimum absolute atomic E-state index is 0.160. The number of nitrogens with one attached hydrogen (secondary N) is 2. The number of anilines is 1. The van der Waals surface area contributed by atoms with E-state index in [1.165, 1.54) is 12.8 Å². The molecule has 0 atom stereocenters. The zero-order chi connectivity index (χ0) is 13.5. The molecule has 0 aromatic carbocycles. The van der Waals surface area contributed by atoms with Crippen LogP contribution in [0.5, 0.6) is 0 Å². The van der Waals surface area contributed by atoms with Crippen molar-refractivity contribution in [2.75, 3.05) is 25.5 Å². The van der Waals surface area contributed by atoms with Crippen molar-refractivity contribution in [2.24, 2.45) is 0 Å². The molecule has 1 amide bonds. The summed E-state index contributed by atoms with van der Waals surface area (Å²) < 4.78 is 5.69. The fourth-order valence-electron chi connectivity index (χ4n) is 2.24. The van der Waals surface area contributed by atoms with Crippen molar-refractivity contribution in [1.29, 1.82) is 0 Å². The Balaban J connectivity index is 1.71. The molecule has 104 valence electrons. The van der Waals surface area contributed by atoms with Gasteiger partial charge in [-0.3, -0.25) is 4.79 Å². The van der Waals surface area contributed by atoms with Crippen LogP contribution in [-0.4, -0.2) is 37.2 Å². The lowest BCUT2D eigenvalue weighted by atomic mass is 10.3. The number of carbonyl (C=O) groups excluding carboxylic acids is 1. The molecule has 0 spiro atoms. The van der Waals surface area contributed by atoms with Gasteiger partial charge in [-0.05, 0) is 25.0 Å². The predicted octanol–water partition coefficient (Wildman–Crippen LogP) is 1.81. The molecule has 5 heteroatoms. The topological polar surface area (TPSA) is 63.2 Å². The van der Waals surface area contributed by atoms with E-state index < -0.39 is 0 Å². The third-order valence-corrected chi connectivity index (χ3v) is 3.28. The van der Waals surface area contributed by atoms with Crippen molar-refractivity contribution in [3.05, 3.63) is 23.9 Å². The van der Waals surface area contributed by atoms with Gasteiger partial charge >= 0.3 is 0 Å². The van der Waals surface area contributed by atoms with Crippen molar-refractivity contribution in [2.45, 2.75) is 31.8 Å². The van der Waals surface area contributed by atoms with Gasteiger partial charge < -0.3 is 15.4 Å².